The van der Waals surface area contributed by atoms with E-state index in [1.807, 2.05) is 26.0 Å². The summed E-state index contributed by atoms with van der Waals surface area (Å²) in [5.74, 6) is 1.24. The van der Waals surface area contributed by atoms with Crippen molar-refractivity contribution in [1.82, 2.24) is 0 Å². The first-order chi connectivity index (χ1) is 12.9. The molecule has 4 rings (SSSR count). The van der Waals surface area contributed by atoms with Crippen molar-refractivity contribution in [2.75, 3.05) is 13.2 Å². The quantitative estimate of drug-likeness (QED) is 0.431. The summed E-state index contributed by atoms with van der Waals surface area (Å²) in [6, 6.07) is 10.8. The number of fused-ring (bicyclic) bond motifs is 4. The van der Waals surface area contributed by atoms with Crippen LogP contribution in [0.2, 0.25) is 5.02 Å². The van der Waals surface area contributed by atoms with E-state index in [4.69, 9.17) is 20.8 Å². The van der Waals surface area contributed by atoms with Crippen LogP contribution in [0, 0.1) is 4.91 Å². The maximum absolute atomic E-state index is 13.2. The van der Waals surface area contributed by atoms with Gasteiger partial charge in [-0.15, -0.1) is 0 Å². The Hall–Kier alpha value is -2.66. The van der Waals surface area contributed by atoms with Crippen LogP contribution >= 0.6 is 11.6 Å². The molecule has 0 amide bonds. The minimum atomic E-state index is -0.506. The lowest BCUT2D eigenvalue weighted by Gasteiger charge is -2.30. The predicted octanol–water partition coefficient (Wildman–Crippen LogP) is 5.49. The Bertz CT molecular complexity index is 1070. The van der Waals surface area contributed by atoms with Gasteiger partial charge in [0.1, 0.15) is 17.1 Å². The Morgan fingerprint density at radius 1 is 1.19 bits per heavy atom. The first kappa shape index (κ1) is 17.7. The Morgan fingerprint density at radius 3 is 2.78 bits per heavy atom. The SMILES string of the molecule is CC1(C)c2cc(OCCCN=O)ccc2C(=O)c2c1oc1cc(Cl)ccc21. The second-order valence-corrected chi connectivity index (χ2v) is 7.60. The minimum absolute atomic E-state index is 0.0582. The summed E-state index contributed by atoms with van der Waals surface area (Å²) in [7, 11) is 0. The fraction of sp³-hybridized carbons (Fsp3) is 0.286. The van der Waals surface area contributed by atoms with Gasteiger partial charge in [-0.2, -0.15) is 4.91 Å². The lowest BCUT2D eigenvalue weighted by molar-refractivity contribution is 0.102. The highest BCUT2D eigenvalue weighted by molar-refractivity contribution is 6.31. The molecule has 6 heteroatoms. The number of nitrogens with zero attached hydrogens (tertiary/aromatic N) is 1. The van der Waals surface area contributed by atoms with Gasteiger partial charge in [-0.3, -0.25) is 4.79 Å². The summed E-state index contributed by atoms with van der Waals surface area (Å²) in [6.07, 6.45) is 0.553. The monoisotopic (exact) mass is 383 g/mol. The summed E-state index contributed by atoms with van der Waals surface area (Å²) in [4.78, 5) is 23.4. The average molecular weight is 384 g/mol. The van der Waals surface area contributed by atoms with E-state index in [9.17, 15) is 9.70 Å². The maximum Gasteiger partial charge on any atom is 0.197 e. The molecule has 1 heterocycles. The Morgan fingerprint density at radius 2 is 2.00 bits per heavy atom. The molecule has 0 spiro atoms. The van der Waals surface area contributed by atoms with Gasteiger partial charge >= 0.3 is 0 Å². The molecule has 0 bridgehead atoms. The fourth-order valence-electron chi connectivity index (χ4n) is 3.64. The molecule has 0 aliphatic heterocycles. The number of ether oxygens (including phenoxy) is 1. The second-order valence-electron chi connectivity index (χ2n) is 7.16. The number of benzene rings is 2. The molecule has 0 saturated carbocycles. The van der Waals surface area contributed by atoms with E-state index in [0.29, 0.717) is 46.3 Å². The number of ketones is 1. The Labute approximate surface area is 161 Å². The van der Waals surface area contributed by atoms with Gasteiger partial charge in [-0.05, 0) is 49.7 Å². The molecule has 0 atom stereocenters. The Balaban J connectivity index is 1.79. The van der Waals surface area contributed by atoms with Gasteiger partial charge in [-0.25, -0.2) is 0 Å². The van der Waals surface area contributed by atoms with Crippen molar-refractivity contribution < 1.29 is 13.9 Å². The van der Waals surface area contributed by atoms with E-state index in [2.05, 4.69) is 5.18 Å². The van der Waals surface area contributed by atoms with Gasteiger partial charge in [0, 0.05) is 33.9 Å². The highest BCUT2D eigenvalue weighted by atomic mass is 35.5. The van der Waals surface area contributed by atoms with Gasteiger partial charge in [-0.1, -0.05) is 16.8 Å². The standard InChI is InChI=1S/C21H18ClNO4/c1-21(2)16-11-13(26-9-3-8-23-25)5-7-14(16)19(24)18-15-6-4-12(22)10-17(15)27-20(18)21/h4-7,10-11H,3,8-9H2,1-2H3. The molecular formula is C21H18ClNO4. The number of halogens is 1. The van der Waals surface area contributed by atoms with Gasteiger partial charge in [0.2, 0.25) is 0 Å². The number of nitroso groups, excluding NO2 is 1. The van der Waals surface area contributed by atoms with E-state index < -0.39 is 5.41 Å². The summed E-state index contributed by atoms with van der Waals surface area (Å²) in [5.41, 5.74) is 2.21. The normalized spacial score (nSPS) is 14.7. The lowest BCUT2D eigenvalue weighted by Crippen LogP contribution is -2.29. The topological polar surface area (TPSA) is 68.9 Å². The van der Waals surface area contributed by atoms with Crippen molar-refractivity contribution in [3.8, 4) is 5.75 Å². The molecular weight excluding hydrogens is 366 g/mol. The molecule has 138 valence electrons. The van der Waals surface area contributed by atoms with Crippen LogP contribution in [0.4, 0.5) is 0 Å². The second kappa shape index (κ2) is 6.50. The third kappa shape index (κ3) is 2.82. The smallest absolute Gasteiger partial charge is 0.197 e. The summed E-state index contributed by atoms with van der Waals surface area (Å²) >= 11 is 6.08. The van der Waals surface area contributed by atoms with Gasteiger partial charge in [0.25, 0.3) is 0 Å². The molecule has 2 aromatic carbocycles. The van der Waals surface area contributed by atoms with Gasteiger partial charge < -0.3 is 9.15 Å². The number of rotatable bonds is 5. The number of carbonyl (C=O) groups excluding carboxylic acids is 1. The largest absolute Gasteiger partial charge is 0.494 e. The van der Waals surface area contributed by atoms with Crippen LogP contribution in [0.15, 0.2) is 46.0 Å². The van der Waals surface area contributed by atoms with Crippen molar-refractivity contribution in [2.45, 2.75) is 25.7 Å². The summed E-state index contributed by atoms with van der Waals surface area (Å²) in [6.45, 7) is 4.68. The minimum Gasteiger partial charge on any atom is -0.494 e. The van der Waals surface area contributed by atoms with Gasteiger partial charge in [0.05, 0.1) is 18.7 Å². The highest BCUT2D eigenvalue weighted by Gasteiger charge is 2.41. The van der Waals surface area contributed by atoms with E-state index in [1.54, 1.807) is 24.3 Å². The van der Waals surface area contributed by atoms with Crippen LogP contribution in [-0.4, -0.2) is 18.9 Å². The molecule has 5 nitrogen and oxygen atoms in total. The van der Waals surface area contributed by atoms with Crippen LogP contribution in [0.5, 0.6) is 5.75 Å². The molecule has 27 heavy (non-hydrogen) atoms. The van der Waals surface area contributed by atoms with Crippen LogP contribution in [0.1, 0.15) is 47.5 Å². The first-order valence-corrected chi connectivity index (χ1v) is 9.15. The van der Waals surface area contributed by atoms with Crippen LogP contribution in [0.25, 0.3) is 11.0 Å². The van der Waals surface area contributed by atoms with E-state index in [0.717, 1.165) is 10.9 Å². The van der Waals surface area contributed by atoms with E-state index >= 15 is 0 Å². The highest BCUT2D eigenvalue weighted by Crippen LogP contribution is 2.46. The average Bonchev–Trinajstić information content (AvgIpc) is 3.03. The summed E-state index contributed by atoms with van der Waals surface area (Å²) < 4.78 is 11.8. The van der Waals surface area contributed by atoms with Crippen molar-refractivity contribution in [1.29, 1.82) is 0 Å². The van der Waals surface area contributed by atoms with Crippen molar-refractivity contribution in [3.63, 3.8) is 0 Å². The zero-order valence-corrected chi connectivity index (χ0v) is 15.8. The molecule has 1 aromatic heterocycles. The maximum atomic E-state index is 13.2. The lowest BCUT2D eigenvalue weighted by atomic mass is 9.72. The zero-order valence-electron chi connectivity index (χ0n) is 15.0. The number of furan rings is 1. The van der Waals surface area contributed by atoms with E-state index in [-0.39, 0.29) is 12.3 Å². The molecule has 3 aromatic rings. The predicted molar refractivity (Wildman–Crippen MR) is 104 cm³/mol. The first-order valence-electron chi connectivity index (χ1n) is 8.77. The van der Waals surface area contributed by atoms with Crippen LogP contribution < -0.4 is 4.74 Å². The number of hydrogen-bond acceptors (Lipinski definition) is 5. The molecule has 0 radical (unpaired) electrons. The van der Waals surface area contributed by atoms with Crippen molar-refractivity contribution in [3.05, 3.63) is 68.8 Å². The molecule has 1 aliphatic carbocycles. The third-order valence-corrected chi connectivity index (χ3v) is 5.25. The van der Waals surface area contributed by atoms with Crippen LogP contribution in [-0.2, 0) is 5.41 Å². The van der Waals surface area contributed by atoms with Crippen LogP contribution in [0.3, 0.4) is 0 Å². The third-order valence-electron chi connectivity index (χ3n) is 5.02. The molecule has 0 N–H and O–H groups in total. The van der Waals surface area contributed by atoms with Crippen molar-refractivity contribution in [2.24, 2.45) is 5.18 Å². The molecule has 1 aliphatic rings. The molecule has 0 fully saturated rings. The zero-order chi connectivity index (χ0) is 19.2. The fourth-order valence-corrected chi connectivity index (χ4v) is 3.80. The molecule has 0 saturated heterocycles. The molecule has 0 unspecified atom stereocenters. The van der Waals surface area contributed by atoms with Crippen molar-refractivity contribution >= 4 is 28.4 Å². The number of carbonyl (C=O) groups is 1. The van der Waals surface area contributed by atoms with E-state index in [1.165, 1.54) is 0 Å². The summed E-state index contributed by atoms with van der Waals surface area (Å²) in [5, 5.41) is 4.17. The Kier molecular flexibility index (Phi) is 4.27. The number of hydrogen-bond donors (Lipinski definition) is 0. The van der Waals surface area contributed by atoms with Gasteiger partial charge in [0.15, 0.2) is 5.78 Å².